The monoisotopic (exact) mass is 478 g/mol. The van der Waals surface area contributed by atoms with Crippen LogP contribution < -0.4 is 24.6 Å². The molecule has 4 aromatic carbocycles. The lowest BCUT2D eigenvalue weighted by Gasteiger charge is -2.13. The molecule has 0 saturated heterocycles. The molecule has 0 radical (unpaired) electrons. The van der Waals surface area contributed by atoms with E-state index in [2.05, 4.69) is 0 Å². The summed E-state index contributed by atoms with van der Waals surface area (Å²) in [6.07, 6.45) is 0. The summed E-state index contributed by atoms with van der Waals surface area (Å²) in [6, 6.07) is 30.5. The Kier molecular flexibility index (Phi) is 5.75. The Morgan fingerprint density at radius 1 is 0.667 bits per heavy atom. The van der Waals surface area contributed by atoms with Gasteiger partial charge >= 0.3 is 5.63 Å². The van der Waals surface area contributed by atoms with E-state index in [9.17, 15) is 4.79 Å². The molecule has 1 aromatic heterocycles. The van der Waals surface area contributed by atoms with Crippen molar-refractivity contribution in [1.82, 2.24) is 0 Å². The van der Waals surface area contributed by atoms with Gasteiger partial charge in [0.1, 0.15) is 30.3 Å². The molecule has 0 unspecified atom stereocenters. The predicted molar refractivity (Wildman–Crippen MR) is 136 cm³/mol. The molecule has 1 aliphatic heterocycles. The van der Waals surface area contributed by atoms with Crippen molar-refractivity contribution in [2.75, 3.05) is 6.79 Å². The van der Waals surface area contributed by atoms with Gasteiger partial charge in [-0.2, -0.15) is 0 Å². The second kappa shape index (κ2) is 9.50. The SMILES string of the molecule is O=c1oc2cc(OCc3ccccc3)ccc2cc1-c1cc2c(cc1OCc1ccccc1)OCO2. The van der Waals surface area contributed by atoms with E-state index in [-0.39, 0.29) is 6.79 Å². The maximum Gasteiger partial charge on any atom is 0.344 e. The van der Waals surface area contributed by atoms with Crippen molar-refractivity contribution in [2.45, 2.75) is 13.2 Å². The Morgan fingerprint density at radius 2 is 1.33 bits per heavy atom. The fourth-order valence-corrected chi connectivity index (χ4v) is 4.10. The average Bonchev–Trinajstić information content (AvgIpc) is 3.38. The third kappa shape index (κ3) is 4.49. The first-order valence-electron chi connectivity index (χ1n) is 11.6. The summed E-state index contributed by atoms with van der Waals surface area (Å²) in [5.74, 6) is 2.27. The highest BCUT2D eigenvalue weighted by atomic mass is 16.7. The smallest absolute Gasteiger partial charge is 0.344 e. The summed E-state index contributed by atoms with van der Waals surface area (Å²) in [7, 11) is 0. The maximum atomic E-state index is 13.1. The molecule has 0 atom stereocenters. The molecule has 178 valence electrons. The van der Waals surface area contributed by atoms with Crippen molar-refractivity contribution < 1.29 is 23.4 Å². The molecule has 1 aliphatic rings. The number of fused-ring (bicyclic) bond motifs is 2. The fraction of sp³-hybridized carbons (Fsp3) is 0.100. The van der Waals surface area contributed by atoms with Gasteiger partial charge in [-0.05, 0) is 35.4 Å². The normalized spacial score (nSPS) is 12.0. The molecule has 0 saturated carbocycles. The van der Waals surface area contributed by atoms with Crippen LogP contribution in [-0.4, -0.2) is 6.79 Å². The molecule has 0 bridgehead atoms. The third-order valence-corrected chi connectivity index (χ3v) is 5.96. The molecule has 2 heterocycles. The molecule has 0 fully saturated rings. The second-order valence-electron chi connectivity index (χ2n) is 8.40. The van der Waals surface area contributed by atoms with Crippen molar-refractivity contribution in [2.24, 2.45) is 0 Å². The number of rotatable bonds is 7. The highest BCUT2D eigenvalue weighted by Crippen LogP contribution is 2.42. The van der Waals surface area contributed by atoms with Gasteiger partial charge in [0.05, 0.1) is 5.56 Å². The second-order valence-corrected chi connectivity index (χ2v) is 8.40. The maximum absolute atomic E-state index is 13.1. The summed E-state index contributed by atoms with van der Waals surface area (Å²) < 4.78 is 28.8. The van der Waals surface area contributed by atoms with Crippen LogP contribution in [0.15, 0.2) is 106 Å². The summed E-state index contributed by atoms with van der Waals surface area (Å²) in [5.41, 5.74) is 2.99. The molecule has 6 rings (SSSR count). The first-order chi connectivity index (χ1) is 17.7. The van der Waals surface area contributed by atoms with Crippen molar-refractivity contribution in [3.63, 3.8) is 0 Å². The van der Waals surface area contributed by atoms with Crippen LogP contribution >= 0.6 is 0 Å². The molecular weight excluding hydrogens is 456 g/mol. The molecule has 0 spiro atoms. The van der Waals surface area contributed by atoms with Gasteiger partial charge in [-0.3, -0.25) is 0 Å². The van der Waals surface area contributed by atoms with Gasteiger partial charge in [0.2, 0.25) is 6.79 Å². The number of hydrogen-bond acceptors (Lipinski definition) is 6. The van der Waals surface area contributed by atoms with E-state index in [0.717, 1.165) is 16.5 Å². The standard InChI is InChI=1S/C30H22O6/c31-30-25(13-22-11-12-23(14-26(22)36-30)32-17-20-7-3-1-4-8-20)24-15-28-29(35-19-34-28)16-27(24)33-18-21-9-5-2-6-10-21/h1-16H,17-19H2. The Morgan fingerprint density at radius 3 is 2.06 bits per heavy atom. The Bertz CT molecular complexity index is 1570. The van der Waals surface area contributed by atoms with E-state index in [0.29, 0.717) is 52.9 Å². The van der Waals surface area contributed by atoms with Crippen LogP contribution in [0.1, 0.15) is 11.1 Å². The lowest BCUT2D eigenvalue weighted by Crippen LogP contribution is -2.05. The zero-order valence-electron chi connectivity index (χ0n) is 19.3. The first kappa shape index (κ1) is 21.8. The third-order valence-electron chi connectivity index (χ3n) is 5.96. The van der Waals surface area contributed by atoms with E-state index in [1.54, 1.807) is 24.3 Å². The Balaban J connectivity index is 1.33. The predicted octanol–water partition coefficient (Wildman–Crippen LogP) is 6.35. The number of benzene rings is 4. The molecular formula is C30H22O6. The minimum absolute atomic E-state index is 0.120. The number of hydrogen-bond donors (Lipinski definition) is 0. The molecule has 6 nitrogen and oxygen atoms in total. The average molecular weight is 479 g/mol. The largest absolute Gasteiger partial charge is 0.489 e. The van der Waals surface area contributed by atoms with Crippen LogP contribution in [0, 0.1) is 0 Å². The van der Waals surface area contributed by atoms with E-state index < -0.39 is 5.63 Å². The summed E-state index contributed by atoms with van der Waals surface area (Å²) in [5, 5.41) is 0.767. The quantitative estimate of drug-likeness (QED) is 0.254. The Hall–Kier alpha value is -4.71. The van der Waals surface area contributed by atoms with Crippen LogP contribution in [0.5, 0.6) is 23.0 Å². The molecule has 0 amide bonds. The van der Waals surface area contributed by atoms with Crippen molar-refractivity contribution in [3.05, 3.63) is 119 Å². The molecule has 0 aliphatic carbocycles. The molecule has 0 N–H and O–H groups in total. The van der Waals surface area contributed by atoms with Crippen LogP contribution in [0.2, 0.25) is 0 Å². The van der Waals surface area contributed by atoms with E-state index >= 15 is 0 Å². The summed E-state index contributed by atoms with van der Waals surface area (Å²) in [4.78, 5) is 13.1. The van der Waals surface area contributed by atoms with Crippen molar-refractivity contribution >= 4 is 11.0 Å². The van der Waals surface area contributed by atoms with Crippen molar-refractivity contribution in [3.8, 4) is 34.1 Å². The zero-order chi connectivity index (χ0) is 24.3. The lowest BCUT2D eigenvalue weighted by molar-refractivity contribution is 0.173. The van der Waals surface area contributed by atoms with Crippen LogP contribution in [0.3, 0.4) is 0 Å². The van der Waals surface area contributed by atoms with Gasteiger partial charge in [0, 0.05) is 23.1 Å². The van der Waals surface area contributed by atoms with Gasteiger partial charge in [0.15, 0.2) is 11.5 Å². The van der Waals surface area contributed by atoms with Gasteiger partial charge < -0.3 is 23.4 Å². The van der Waals surface area contributed by atoms with Gasteiger partial charge in [-0.1, -0.05) is 60.7 Å². The Labute approximate surface area is 207 Å². The van der Waals surface area contributed by atoms with Gasteiger partial charge in [0.25, 0.3) is 0 Å². The van der Waals surface area contributed by atoms with Crippen LogP contribution in [0.4, 0.5) is 0 Å². The molecule has 36 heavy (non-hydrogen) atoms. The first-order valence-corrected chi connectivity index (χ1v) is 11.6. The summed E-state index contributed by atoms with van der Waals surface area (Å²) >= 11 is 0. The number of ether oxygens (including phenoxy) is 4. The molecule has 6 heteroatoms. The zero-order valence-corrected chi connectivity index (χ0v) is 19.3. The lowest BCUT2D eigenvalue weighted by atomic mass is 10.0. The fourth-order valence-electron chi connectivity index (χ4n) is 4.10. The van der Waals surface area contributed by atoms with Crippen LogP contribution in [-0.2, 0) is 13.2 Å². The topological polar surface area (TPSA) is 67.1 Å². The minimum Gasteiger partial charge on any atom is -0.489 e. The van der Waals surface area contributed by atoms with Gasteiger partial charge in [-0.15, -0.1) is 0 Å². The van der Waals surface area contributed by atoms with E-state index in [4.69, 9.17) is 23.4 Å². The summed E-state index contributed by atoms with van der Waals surface area (Å²) in [6.45, 7) is 0.886. The van der Waals surface area contributed by atoms with Gasteiger partial charge in [-0.25, -0.2) is 4.79 Å². The van der Waals surface area contributed by atoms with E-state index in [1.165, 1.54) is 0 Å². The van der Waals surface area contributed by atoms with Crippen LogP contribution in [0.25, 0.3) is 22.1 Å². The highest BCUT2D eigenvalue weighted by molar-refractivity contribution is 5.85. The highest BCUT2D eigenvalue weighted by Gasteiger charge is 2.22. The minimum atomic E-state index is -0.480. The molecule has 5 aromatic rings. The van der Waals surface area contributed by atoms with Crippen molar-refractivity contribution in [1.29, 1.82) is 0 Å². The van der Waals surface area contributed by atoms with E-state index in [1.807, 2.05) is 72.8 Å².